The van der Waals surface area contributed by atoms with Crippen molar-refractivity contribution >= 4 is 16.8 Å². The molecule has 0 atom stereocenters. The minimum absolute atomic E-state index is 0.0330. The smallest absolute Gasteiger partial charge is 0.256 e. The van der Waals surface area contributed by atoms with Crippen molar-refractivity contribution in [1.82, 2.24) is 19.8 Å². The van der Waals surface area contributed by atoms with Crippen molar-refractivity contribution in [1.29, 1.82) is 0 Å². The molecule has 0 spiro atoms. The van der Waals surface area contributed by atoms with Crippen molar-refractivity contribution in [2.24, 2.45) is 5.92 Å². The molecule has 0 radical (unpaired) electrons. The maximum absolute atomic E-state index is 14.2. The number of carbonyl (C=O) groups is 1. The molecular formula is C24H29FN4O. The number of hydrogen-bond acceptors (Lipinski definition) is 3. The third-order valence-corrected chi connectivity index (χ3v) is 6.03. The Balaban J connectivity index is 1.89. The molecule has 3 heterocycles. The summed E-state index contributed by atoms with van der Waals surface area (Å²) >= 11 is 0. The zero-order valence-corrected chi connectivity index (χ0v) is 18.1. The topological polar surface area (TPSA) is 50.2 Å². The van der Waals surface area contributed by atoms with E-state index in [2.05, 4.69) is 23.4 Å². The molecule has 1 N–H and O–H groups in total. The molecule has 4 rings (SSSR count). The molecule has 1 aromatic carbocycles. The number of nitrogens with zero attached hydrogens (tertiary/aromatic N) is 3. The monoisotopic (exact) mass is 408 g/mol. The van der Waals surface area contributed by atoms with Gasteiger partial charge in [-0.15, -0.1) is 0 Å². The van der Waals surface area contributed by atoms with Gasteiger partial charge in [0.1, 0.15) is 5.82 Å². The fraction of sp³-hybridized carbons (Fsp3) is 0.417. The Morgan fingerprint density at radius 1 is 1.33 bits per heavy atom. The van der Waals surface area contributed by atoms with Crippen LogP contribution in [0.3, 0.4) is 0 Å². The third-order valence-electron chi connectivity index (χ3n) is 6.03. The van der Waals surface area contributed by atoms with Gasteiger partial charge in [0.25, 0.3) is 5.91 Å². The Labute approximate surface area is 176 Å². The highest BCUT2D eigenvalue weighted by Crippen LogP contribution is 2.31. The molecule has 158 valence electrons. The van der Waals surface area contributed by atoms with E-state index in [-0.39, 0.29) is 11.9 Å². The highest BCUT2D eigenvalue weighted by atomic mass is 19.1. The maximum atomic E-state index is 14.2. The van der Waals surface area contributed by atoms with Gasteiger partial charge in [0.05, 0.1) is 23.0 Å². The number of fused-ring (bicyclic) bond motifs is 1. The van der Waals surface area contributed by atoms with Gasteiger partial charge < -0.3 is 14.8 Å². The molecule has 0 bridgehead atoms. The fourth-order valence-corrected chi connectivity index (χ4v) is 4.39. The second-order valence-electron chi connectivity index (χ2n) is 8.45. The van der Waals surface area contributed by atoms with E-state index in [9.17, 15) is 9.18 Å². The standard InChI is InChI=1S/C24H29FN4O/c1-5-28(15(2)3)24(30)20-9-19(25)6-7-21(20)29-14-18(8-17-11-27-12-17)23-16(4)10-26-13-22(23)29/h6-7,9-10,13-15,17,27H,5,8,11-12H2,1-4H3. The van der Waals surface area contributed by atoms with Crippen LogP contribution in [0.1, 0.15) is 42.3 Å². The summed E-state index contributed by atoms with van der Waals surface area (Å²) in [5.74, 6) is 0.0464. The first kappa shape index (κ1) is 20.5. The second-order valence-corrected chi connectivity index (χ2v) is 8.45. The van der Waals surface area contributed by atoms with Crippen LogP contribution >= 0.6 is 0 Å². The number of carbonyl (C=O) groups excluding carboxylic acids is 1. The molecule has 3 aromatic rings. The summed E-state index contributed by atoms with van der Waals surface area (Å²) < 4.78 is 16.2. The van der Waals surface area contributed by atoms with Crippen LogP contribution in [-0.2, 0) is 6.42 Å². The first-order chi connectivity index (χ1) is 14.4. The Bertz CT molecular complexity index is 1080. The Hall–Kier alpha value is -2.73. The minimum Gasteiger partial charge on any atom is -0.336 e. The van der Waals surface area contributed by atoms with Crippen molar-refractivity contribution in [3.8, 4) is 5.69 Å². The SMILES string of the molecule is CCN(C(=O)c1cc(F)ccc1-n1cc(CC2CNC2)c2c(C)cncc21)C(C)C. The molecule has 1 saturated heterocycles. The number of benzene rings is 1. The fourth-order valence-electron chi connectivity index (χ4n) is 4.39. The lowest BCUT2D eigenvalue weighted by atomic mass is 9.93. The highest BCUT2D eigenvalue weighted by Gasteiger charge is 2.25. The van der Waals surface area contributed by atoms with E-state index in [1.54, 1.807) is 11.0 Å². The quantitative estimate of drug-likeness (QED) is 0.668. The predicted octanol–water partition coefficient (Wildman–Crippen LogP) is 4.11. The Kier molecular flexibility index (Phi) is 5.60. The predicted molar refractivity (Wildman–Crippen MR) is 118 cm³/mol. The molecule has 2 aromatic heterocycles. The van der Waals surface area contributed by atoms with Crippen LogP contribution in [0.25, 0.3) is 16.6 Å². The average molecular weight is 409 g/mol. The molecule has 0 aliphatic carbocycles. The molecule has 0 unspecified atom stereocenters. The average Bonchev–Trinajstić information content (AvgIpc) is 3.04. The highest BCUT2D eigenvalue weighted by molar-refractivity contribution is 5.99. The van der Waals surface area contributed by atoms with Crippen molar-refractivity contribution in [3.05, 3.63) is 59.3 Å². The molecular weight excluding hydrogens is 379 g/mol. The third kappa shape index (κ3) is 3.60. The zero-order valence-electron chi connectivity index (χ0n) is 18.1. The van der Waals surface area contributed by atoms with Gasteiger partial charge in [-0.25, -0.2) is 4.39 Å². The summed E-state index contributed by atoms with van der Waals surface area (Å²) in [6, 6.07) is 4.51. The van der Waals surface area contributed by atoms with E-state index in [1.165, 1.54) is 23.1 Å². The number of amides is 1. The largest absolute Gasteiger partial charge is 0.336 e. The van der Waals surface area contributed by atoms with E-state index in [0.29, 0.717) is 23.7 Å². The van der Waals surface area contributed by atoms with Gasteiger partial charge >= 0.3 is 0 Å². The van der Waals surface area contributed by atoms with Gasteiger partial charge in [0.15, 0.2) is 0 Å². The number of pyridine rings is 1. The normalized spacial score (nSPS) is 14.3. The number of nitrogens with one attached hydrogen (secondary N) is 1. The zero-order chi connectivity index (χ0) is 21.4. The summed E-state index contributed by atoms with van der Waals surface area (Å²) in [6.45, 7) is 10.6. The van der Waals surface area contributed by atoms with Crippen molar-refractivity contribution in [2.45, 2.75) is 40.2 Å². The van der Waals surface area contributed by atoms with E-state index in [0.717, 1.165) is 30.6 Å². The lowest BCUT2D eigenvalue weighted by molar-refractivity contribution is 0.0716. The van der Waals surface area contributed by atoms with E-state index in [4.69, 9.17) is 0 Å². The molecule has 1 amide bonds. The molecule has 30 heavy (non-hydrogen) atoms. The van der Waals surface area contributed by atoms with Crippen molar-refractivity contribution in [2.75, 3.05) is 19.6 Å². The number of hydrogen-bond donors (Lipinski definition) is 1. The van der Waals surface area contributed by atoms with E-state index < -0.39 is 5.82 Å². The number of aryl methyl sites for hydroxylation is 1. The lowest BCUT2D eigenvalue weighted by Crippen LogP contribution is -2.43. The van der Waals surface area contributed by atoms with Gasteiger partial charge in [-0.1, -0.05) is 0 Å². The van der Waals surface area contributed by atoms with Crippen LogP contribution in [0.4, 0.5) is 4.39 Å². The van der Waals surface area contributed by atoms with Crippen molar-refractivity contribution in [3.63, 3.8) is 0 Å². The van der Waals surface area contributed by atoms with Gasteiger partial charge in [0.2, 0.25) is 0 Å². The van der Waals surface area contributed by atoms with Crippen LogP contribution in [0, 0.1) is 18.7 Å². The number of halogens is 1. The van der Waals surface area contributed by atoms with Gasteiger partial charge in [-0.05, 0) is 82.4 Å². The van der Waals surface area contributed by atoms with Crippen LogP contribution in [0.5, 0.6) is 0 Å². The Morgan fingerprint density at radius 2 is 2.10 bits per heavy atom. The van der Waals surface area contributed by atoms with Crippen LogP contribution in [-0.4, -0.2) is 46.0 Å². The minimum atomic E-state index is -0.409. The second kappa shape index (κ2) is 8.19. The van der Waals surface area contributed by atoms with E-state index >= 15 is 0 Å². The van der Waals surface area contributed by atoms with Crippen LogP contribution in [0.2, 0.25) is 0 Å². The van der Waals surface area contributed by atoms with E-state index in [1.807, 2.05) is 37.7 Å². The lowest BCUT2D eigenvalue weighted by Gasteiger charge is -2.27. The first-order valence-electron chi connectivity index (χ1n) is 10.7. The summed E-state index contributed by atoms with van der Waals surface area (Å²) in [7, 11) is 0. The summed E-state index contributed by atoms with van der Waals surface area (Å²) in [5.41, 5.74) is 4.37. The van der Waals surface area contributed by atoms with Crippen LogP contribution in [0.15, 0.2) is 36.8 Å². The van der Waals surface area contributed by atoms with Crippen LogP contribution < -0.4 is 5.32 Å². The summed E-state index contributed by atoms with van der Waals surface area (Å²) in [6.07, 6.45) is 6.79. The first-order valence-corrected chi connectivity index (χ1v) is 10.7. The van der Waals surface area contributed by atoms with Crippen molar-refractivity contribution < 1.29 is 9.18 Å². The summed E-state index contributed by atoms with van der Waals surface area (Å²) in [4.78, 5) is 19.5. The number of rotatable bonds is 6. The molecule has 6 heteroatoms. The summed E-state index contributed by atoms with van der Waals surface area (Å²) in [5, 5.41) is 4.51. The van der Waals surface area contributed by atoms with Gasteiger partial charge in [0, 0.05) is 30.4 Å². The number of aromatic nitrogens is 2. The van der Waals surface area contributed by atoms with Gasteiger partial charge in [-0.2, -0.15) is 0 Å². The molecule has 0 saturated carbocycles. The molecule has 1 aliphatic heterocycles. The molecule has 1 aliphatic rings. The maximum Gasteiger partial charge on any atom is 0.256 e. The molecule has 1 fully saturated rings. The molecule has 5 nitrogen and oxygen atoms in total. The Morgan fingerprint density at radius 3 is 2.73 bits per heavy atom. The van der Waals surface area contributed by atoms with Gasteiger partial charge in [-0.3, -0.25) is 9.78 Å².